The lowest BCUT2D eigenvalue weighted by Gasteiger charge is -2.24. The van der Waals surface area contributed by atoms with Crippen LogP contribution in [0.1, 0.15) is 47.8 Å². The fourth-order valence-corrected chi connectivity index (χ4v) is 4.02. The molecule has 7 nitrogen and oxygen atoms in total. The number of fused-ring (bicyclic) bond motifs is 1. The van der Waals surface area contributed by atoms with E-state index in [9.17, 15) is 9.59 Å². The van der Waals surface area contributed by atoms with Crippen molar-refractivity contribution >= 4 is 17.7 Å². The van der Waals surface area contributed by atoms with Gasteiger partial charge in [0, 0.05) is 13.1 Å². The standard InChI is InChI=1S/C29H28N2O5/c1-29(2,3)36-28(33)31-16-21-9-10-26(15-24(21)17-31)35-18-19-11-22(13-23(12-19)27(32)34-5)20-7-6-8-25(14-20)30-4/h6-15H,16-18H2,1-3,5H3. The predicted molar refractivity (Wildman–Crippen MR) is 136 cm³/mol. The lowest BCUT2D eigenvalue weighted by molar-refractivity contribution is 0.0241. The summed E-state index contributed by atoms with van der Waals surface area (Å²) in [5, 5.41) is 0. The highest BCUT2D eigenvalue weighted by atomic mass is 16.6. The van der Waals surface area contributed by atoms with Crippen LogP contribution in [0.3, 0.4) is 0 Å². The quantitative estimate of drug-likeness (QED) is 0.305. The van der Waals surface area contributed by atoms with E-state index in [1.807, 2.05) is 57.2 Å². The van der Waals surface area contributed by atoms with Gasteiger partial charge in [0.15, 0.2) is 5.69 Å². The van der Waals surface area contributed by atoms with Crippen molar-refractivity contribution < 1.29 is 23.8 Å². The maximum atomic E-state index is 12.4. The summed E-state index contributed by atoms with van der Waals surface area (Å²) >= 11 is 0. The first-order valence-corrected chi connectivity index (χ1v) is 11.6. The number of rotatable bonds is 5. The van der Waals surface area contributed by atoms with Gasteiger partial charge in [0.2, 0.25) is 0 Å². The van der Waals surface area contributed by atoms with Crippen molar-refractivity contribution in [3.05, 3.63) is 94.3 Å². The molecular weight excluding hydrogens is 456 g/mol. The van der Waals surface area contributed by atoms with Crippen molar-refractivity contribution in [2.24, 2.45) is 0 Å². The summed E-state index contributed by atoms with van der Waals surface area (Å²) in [6.07, 6.45) is -0.337. The van der Waals surface area contributed by atoms with E-state index in [0.717, 1.165) is 27.8 Å². The Morgan fingerprint density at radius 2 is 1.75 bits per heavy atom. The third-order valence-corrected chi connectivity index (χ3v) is 5.68. The Labute approximate surface area is 211 Å². The zero-order valence-electron chi connectivity index (χ0n) is 20.8. The molecule has 36 heavy (non-hydrogen) atoms. The molecule has 4 rings (SSSR count). The van der Waals surface area contributed by atoms with Crippen molar-refractivity contribution in [3.8, 4) is 16.9 Å². The number of methoxy groups -OCH3 is 1. The molecule has 0 N–H and O–H groups in total. The Balaban J connectivity index is 1.52. The summed E-state index contributed by atoms with van der Waals surface area (Å²) in [4.78, 5) is 29.9. The Bertz CT molecular complexity index is 1350. The molecule has 3 aromatic rings. The van der Waals surface area contributed by atoms with Crippen LogP contribution < -0.4 is 4.74 Å². The van der Waals surface area contributed by atoms with Gasteiger partial charge in [-0.15, -0.1) is 0 Å². The first kappa shape index (κ1) is 24.8. The minimum absolute atomic E-state index is 0.231. The first-order valence-electron chi connectivity index (χ1n) is 11.6. The van der Waals surface area contributed by atoms with Crippen molar-refractivity contribution in [3.63, 3.8) is 0 Å². The summed E-state index contributed by atoms with van der Waals surface area (Å²) in [6, 6.07) is 18.4. The van der Waals surface area contributed by atoms with Gasteiger partial charge in [-0.05, 0) is 85.0 Å². The van der Waals surface area contributed by atoms with Crippen molar-refractivity contribution in [2.45, 2.75) is 46.1 Å². The Kier molecular flexibility index (Phi) is 6.98. The van der Waals surface area contributed by atoms with Gasteiger partial charge in [-0.3, -0.25) is 4.90 Å². The largest absolute Gasteiger partial charge is 0.489 e. The van der Waals surface area contributed by atoms with Gasteiger partial charge in [-0.25, -0.2) is 14.4 Å². The number of hydrogen-bond donors (Lipinski definition) is 0. The molecular formula is C29H28N2O5. The highest BCUT2D eigenvalue weighted by molar-refractivity contribution is 5.91. The Morgan fingerprint density at radius 1 is 0.972 bits per heavy atom. The summed E-state index contributed by atoms with van der Waals surface area (Å²) < 4.78 is 16.5. The molecule has 184 valence electrons. The molecule has 0 radical (unpaired) electrons. The van der Waals surface area contributed by atoms with E-state index in [-0.39, 0.29) is 12.7 Å². The molecule has 0 fully saturated rings. The number of nitrogens with zero attached hydrogens (tertiary/aromatic N) is 2. The molecule has 1 aliphatic heterocycles. The van der Waals surface area contributed by atoms with Gasteiger partial charge in [-0.1, -0.05) is 24.3 Å². The topological polar surface area (TPSA) is 69.4 Å². The zero-order chi connectivity index (χ0) is 25.9. The molecule has 0 aromatic heterocycles. The predicted octanol–water partition coefficient (Wildman–Crippen LogP) is 6.52. The van der Waals surface area contributed by atoms with E-state index in [2.05, 4.69) is 4.85 Å². The minimum Gasteiger partial charge on any atom is -0.489 e. The fraction of sp³-hybridized carbons (Fsp3) is 0.276. The van der Waals surface area contributed by atoms with Gasteiger partial charge in [-0.2, -0.15) is 0 Å². The van der Waals surface area contributed by atoms with E-state index in [0.29, 0.717) is 30.1 Å². The highest BCUT2D eigenvalue weighted by Crippen LogP contribution is 2.30. The van der Waals surface area contributed by atoms with Gasteiger partial charge in [0.1, 0.15) is 18.0 Å². The molecule has 0 spiro atoms. The third kappa shape index (κ3) is 5.84. The number of amides is 1. The van der Waals surface area contributed by atoms with Crippen LogP contribution in [0.5, 0.6) is 5.75 Å². The fourth-order valence-electron chi connectivity index (χ4n) is 4.02. The second-order valence-corrected chi connectivity index (χ2v) is 9.63. The van der Waals surface area contributed by atoms with Gasteiger partial charge in [0.25, 0.3) is 0 Å². The molecule has 1 amide bonds. The molecule has 0 bridgehead atoms. The van der Waals surface area contributed by atoms with Crippen LogP contribution in [-0.4, -0.2) is 29.7 Å². The molecule has 0 aliphatic carbocycles. The van der Waals surface area contributed by atoms with Crippen LogP contribution in [0, 0.1) is 6.57 Å². The molecule has 0 saturated carbocycles. The van der Waals surface area contributed by atoms with E-state index in [4.69, 9.17) is 20.8 Å². The maximum Gasteiger partial charge on any atom is 0.410 e. The molecule has 1 heterocycles. The lowest BCUT2D eigenvalue weighted by Crippen LogP contribution is -2.33. The normalized spacial score (nSPS) is 12.5. The number of carbonyl (C=O) groups is 2. The number of benzene rings is 3. The van der Waals surface area contributed by atoms with E-state index in [1.54, 1.807) is 29.2 Å². The average Bonchev–Trinajstić information content (AvgIpc) is 3.29. The number of hydrogen-bond acceptors (Lipinski definition) is 5. The molecule has 7 heteroatoms. The second kappa shape index (κ2) is 10.1. The monoisotopic (exact) mass is 484 g/mol. The van der Waals surface area contributed by atoms with Crippen LogP contribution in [0.25, 0.3) is 16.0 Å². The minimum atomic E-state index is -0.547. The number of esters is 1. The lowest BCUT2D eigenvalue weighted by atomic mass is 9.99. The number of carbonyl (C=O) groups excluding carboxylic acids is 2. The maximum absolute atomic E-state index is 12.4. The van der Waals surface area contributed by atoms with Gasteiger partial charge >= 0.3 is 12.1 Å². The summed E-state index contributed by atoms with van der Waals surface area (Å²) in [6.45, 7) is 14.0. The van der Waals surface area contributed by atoms with Crippen molar-refractivity contribution in [1.82, 2.24) is 4.90 Å². The van der Waals surface area contributed by atoms with Crippen LogP contribution in [-0.2, 0) is 29.2 Å². The third-order valence-electron chi connectivity index (χ3n) is 5.68. The SMILES string of the molecule is [C-]#[N+]c1cccc(-c2cc(COc3ccc4c(c3)CN(C(=O)OC(C)(C)C)C4)cc(C(=O)OC)c2)c1. The van der Waals surface area contributed by atoms with Gasteiger partial charge < -0.3 is 14.2 Å². The summed E-state index contributed by atoms with van der Waals surface area (Å²) in [5.41, 5.74) is 4.86. The van der Waals surface area contributed by atoms with Crippen LogP contribution in [0.4, 0.5) is 10.5 Å². The van der Waals surface area contributed by atoms with E-state index >= 15 is 0 Å². The Morgan fingerprint density at radius 3 is 2.47 bits per heavy atom. The van der Waals surface area contributed by atoms with E-state index in [1.165, 1.54) is 7.11 Å². The smallest absolute Gasteiger partial charge is 0.410 e. The number of ether oxygens (including phenoxy) is 3. The molecule has 0 atom stereocenters. The highest BCUT2D eigenvalue weighted by Gasteiger charge is 2.28. The molecule has 3 aromatic carbocycles. The average molecular weight is 485 g/mol. The summed E-state index contributed by atoms with van der Waals surface area (Å²) in [5.74, 6) is 0.221. The molecule has 0 saturated heterocycles. The van der Waals surface area contributed by atoms with Crippen molar-refractivity contribution in [1.29, 1.82) is 0 Å². The van der Waals surface area contributed by atoms with Gasteiger partial charge in [0.05, 0.1) is 19.2 Å². The molecule has 0 unspecified atom stereocenters. The van der Waals surface area contributed by atoms with E-state index < -0.39 is 11.6 Å². The van der Waals surface area contributed by atoms with Crippen LogP contribution in [0.2, 0.25) is 0 Å². The second-order valence-electron chi connectivity index (χ2n) is 9.63. The Hall–Kier alpha value is -4.31. The van der Waals surface area contributed by atoms with Crippen LogP contribution >= 0.6 is 0 Å². The molecule has 1 aliphatic rings. The van der Waals surface area contributed by atoms with Crippen molar-refractivity contribution in [2.75, 3.05) is 7.11 Å². The van der Waals surface area contributed by atoms with Crippen LogP contribution in [0.15, 0.2) is 60.7 Å². The first-order chi connectivity index (χ1) is 17.1. The zero-order valence-corrected chi connectivity index (χ0v) is 20.8. The summed E-state index contributed by atoms with van der Waals surface area (Å²) in [7, 11) is 1.34.